The topological polar surface area (TPSA) is 74.8 Å². The number of rotatable bonds is 6. The predicted molar refractivity (Wildman–Crippen MR) is 122 cm³/mol. The zero-order valence-electron chi connectivity index (χ0n) is 16.9. The van der Waals surface area contributed by atoms with E-state index < -0.39 is 0 Å². The number of amides is 1. The van der Waals surface area contributed by atoms with Gasteiger partial charge in [0.15, 0.2) is 0 Å². The number of hydrogen-bond donors (Lipinski definition) is 2. The smallest absolute Gasteiger partial charge is 0.259 e. The lowest BCUT2D eigenvalue weighted by atomic mass is 10.1. The van der Waals surface area contributed by atoms with Crippen LogP contribution in [0.15, 0.2) is 23.0 Å². The third kappa shape index (κ3) is 4.26. The van der Waals surface area contributed by atoms with Gasteiger partial charge in [0.2, 0.25) is 5.91 Å². The average molecular weight is 428 g/mol. The van der Waals surface area contributed by atoms with E-state index in [0.29, 0.717) is 23.4 Å². The molecule has 2 N–H and O–H groups in total. The van der Waals surface area contributed by atoms with E-state index in [-0.39, 0.29) is 16.7 Å². The predicted octanol–water partition coefficient (Wildman–Crippen LogP) is 4.91. The molecular weight excluding hydrogens is 402 g/mol. The lowest BCUT2D eigenvalue weighted by Gasteiger charge is -2.11. The van der Waals surface area contributed by atoms with Gasteiger partial charge in [-0.15, -0.1) is 11.3 Å². The molecule has 0 unspecified atom stereocenters. The normalized spacial score (nSPS) is 14.2. The molecule has 3 aromatic rings. The molecule has 0 radical (unpaired) electrons. The number of benzene rings is 1. The van der Waals surface area contributed by atoms with E-state index in [1.54, 1.807) is 23.1 Å². The SMILES string of the molecule is Cc1sc2nc([C@H](C)SCCC(=O)Nc3ccc4c(c3)CCC4)[nH]c(=O)c2c1C. The van der Waals surface area contributed by atoms with E-state index in [2.05, 4.69) is 27.4 Å². The maximum Gasteiger partial charge on any atom is 0.259 e. The molecule has 4 rings (SSSR count). The highest BCUT2D eigenvalue weighted by atomic mass is 32.2. The molecule has 29 heavy (non-hydrogen) atoms. The molecule has 1 amide bonds. The summed E-state index contributed by atoms with van der Waals surface area (Å²) in [5.41, 5.74) is 4.58. The number of aryl methyl sites for hydroxylation is 4. The molecule has 152 valence electrons. The number of nitrogens with one attached hydrogen (secondary N) is 2. The van der Waals surface area contributed by atoms with E-state index in [4.69, 9.17) is 0 Å². The lowest BCUT2D eigenvalue weighted by Crippen LogP contribution is -2.14. The Morgan fingerprint density at radius 3 is 2.93 bits per heavy atom. The zero-order valence-corrected chi connectivity index (χ0v) is 18.6. The van der Waals surface area contributed by atoms with Gasteiger partial charge in [0.1, 0.15) is 10.7 Å². The van der Waals surface area contributed by atoms with Gasteiger partial charge in [0.05, 0.1) is 10.6 Å². The Morgan fingerprint density at radius 1 is 1.31 bits per heavy atom. The number of H-pyrrole nitrogens is 1. The van der Waals surface area contributed by atoms with Crippen LogP contribution in [0.3, 0.4) is 0 Å². The number of carbonyl (C=O) groups excluding carboxylic acids is 1. The highest BCUT2D eigenvalue weighted by molar-refractivity contribution is 7.99. The average Bonchev–Trinajstić information content (AvgIpc) is 3.25. The summed E-state index contributed by atoms with van der Waals surface area (Å²) in [6.45, 7) is 5.99. The van der Waals surface area contributed by atoms with Gasteiger partial charge >= 0.3 is 0 Å². The number of anilines is 1. The van der Waals surface area contributed by atoms with Gasteiger partial charge in [-0.1, -0.05) is 6.07 Å². The van der Waals surface area contributed by atoms with Crippen molar-refractivity contribution in [3.8, 4) is 0 Å². The number of fused-ring (bicyclic) bond motifs is 2. The Hall–Kier alpha value is -2.12. The molecule has 1 aromatic carbocycles. The third-order valence-electron chi connectivity index (χ3n) is 5.52. The standard InChI is InChI=1S/C22H25N3O2S2/c1-12-13(2)29-22-19(12)21(27)24-20(25-22)14(3)28-10-9-18(26)23-17-8-7-15-5-4-6-16(15)11-17/h7-8,11,14H,4-6,9-10H2,1-3H3,(H,23,26)(H,24,25,27)/t14-/m0/s1. The molecule has 1 aliphatic rings. The number of nitrogens with zero attached hydrogens (tertiary/aromatic N) is 1. The molecule has 0 spiro atoms. The van der Waals surface area contributed by atoms with Crippen molar-refractivity contribution in [3.05, 3.63) is 55.9 Å². The van der Waals surface area contributed by atoms with E-state index >= 15 is 0 Å². The maximum atomic E-state index is 12.4. The second kappa shape index (κ2) is 8.32. The minimum atomic E-state index is -0.0753. The Bertz CT molecular complexity index is 1130. The van der Waals surface area contributed by atoms with Crippen LogP contribution < -0.4 is 10.9 Å². The summed E-state index contributed by atoms with van der Waals surface area (Å²) in [5.74, 6) is 1.36. The van der Waals surface area contributed by atoms with Gasteiger partial charge in [-0.05, 0) is 68.9 Å². The molecular formula is C22H25N3O2S2. The van der Waals surface area contributed by atoms with Crippen molar-refractivity contribution in [1.82, 2.24) is 9.97 Å². The quantitative estimate of drug-likeness (QED) is 0.586. The van der Waals surface area contributed by atoms with Crippen LogP contribution in [-0.2, 0) is 17.6 Å². The summed E-state index contributed by atoms with van der Waals surface area (Å²) < 4.78 is 0. The second-order valence-electron chi connectivity index (χ2n) is 7.56. The summed E-state index contributed by atoms with van der Waals surface area (Å²) in [6, 6.07) is 6.22. The molecule has 2 heterocycles. The minimum absolute atomic E-state index is 0.0163. The molecule has 0 saturated carbocycles. The van der Waals surface area contributed by atoms with Crippen LogP contribution in [0.4, 0.5) is 5.69 Å². The van der Waals surface area contributed by atoms with E-state index in [1.165, 1.54) is 17.5 Å². The van der Waals surface area contributed by atoms with Gasteiger partial charge < -0.3 is 10.3 Å². The molecule has 5 nitrogen and oxygen atoms in total. The van der Waals surface area contributed by atoms with Gasteiger partial charge in [0, 0.05) is 22.7 Å². The van der Waals surface area contributed by atoms with Crippen LogP contribution >= 0.6 is 23.1 Å². The van der Waals surface area contributed by atoms with Crippen LogP contribution in [0.1, 0.15) is 52.4 Å². The van der Waals surface area contributed by atoms with Crippen LogP contribution in [0.2, 0.25) is 0 Å². The fourth-order valence-electron chi connectivity index (χ4n) is 3.74. The van der Waals surface area contributed by atoms with E-state index in [0.717, 1.165) is 33.8 Å². The molecule has 7 heteroatoms. The van der Waals surface area contributed by atoms with Crippen molar-refractivity contribution in [2.75, 3.05) is 11.1 Å². The van der Waals surface area contributed by atoms with E-state index in [9.17, 15) is 9.59 Å². The van der Waals surface area contributed by atoms with Crippen molar-refractivity contribution in [3.63, 3.8) is 0 Å². The Labute approximate surface area is 178 Å². The van der Waals surface area contributed by atoms with E-state index in [1.807, 2.05) is 26.8 Å². The lowest BCUT2D eigenvalue weighted by molar-refractivity contribution is -0.115. The van der Waals surface area contributed by atoms with Gasteiger partial charge in [-0.2, -0.15) is 11.8 Å². The first-order chi connectivity index (χ1) is 13.9. The molecule has 1 aliphatic carbocycles. The maximum absolute atomic E-state index is 12.4. The molecule has 0 aliphatic heterocycles. The first-order valence-corrected chi connectivity index (χ1v) is 11.8. The highest BCUT2D eigenvalue weighted by Crippen LogP contribution is 2.30. The van der Waals surface area contributed by atoms with Crippen LogP contribution in [-0.4, -0.2) is 21.6 Å². The zero-order chi connectivity index (χ0) is 20.5. The first-order valence-electron chi connectivity index (χ1n) is 9.95. The summed E-state index contributed by atoms with van der Waals surface area (Å²) in [7, 11) is 0. The fourth-order valence-corrected chi connectivity index (χ4v) is 5.71. The minimum Gasteiger partial charge on any atom is -0.326 e. The Morgan fingerprint density at radius 2 is 2.10 bits per heavy atom. The largest absolute Gasteiger partial charge is 0.326 e. The summed E-state index contributed by atoms with van der Waals surface area (Å²) >= 11 is 3.19. The van der Waals surface area contributed by atoms with Crippen molar-refractivity contribution >= 4 is 44.9 Å². The van der Waals surface area contributed by atoms with Gasteiger partial charge in [-0.25, -0.2) is 4.98 Å². The van der Waals surface area contributed by atoms with Crippen molar-refractivity contribution in [1.29, 1.82) is 0 Å². The van der Waals surface area contributed by atoms with Gasteiger partial charge in [-0.3, -0.25) is 9.59 Å². The summed E-state index contributed by atoms with van der Waals surface area (Å²) in [5, 5.41) is 3.72. The van der Waals surface area contributed by atoms with Crippen LogP contribution in [0.5, 0.6) is 0 Å². The van der Waals surface area contributed by atoms with Crippen molar-refractivity contribution in [2.45, 2.75) is 51.7 Å². The Kier molecular flexibility index (Phi) is 5.79. The molecule has 0 fully saturated rings. The van der Waals surface area contributed by atoms with Crippen LogP contribution in [0.25, 0.3) is 10.2 Å². The molecule has 2 aromatic heterocycles. The third-order valence-corrected chi connectivity index (χ3v) is 7.79. The number of thiophene rings is 1. The fraction of sp³-hybridized carbons (Fsp3) is 0.409. The summed E-state index contributed by atoms with van der Waals surface area (Å²) in [6.07, 6.45) is 3.87. The monoisotopic (exact) mass is 427 g/mol. The van der Waals surface area contributed by atoms with Gasteiger partial charge in [0.25, 0.3) is 5.56 Å². The molecule has 0 saturated heterocycles. The number of aromatic amines is 1. The van der Waals surface area contributed by atoms with Crippen LogP contribution in [0, 0.1) is 13.8 Å². The number of aromatic nitrogens is 2. The van der Waals surface area contributed by atoms with Crippen molar-refractivity contribution in [2.24, 2.45) is 0 Å². The number of thioether (sulfide) groups is 1. The van der Waals surface area contributed by atoms with Crippen molar-refractivity contribution < 1.29 is 4.79 Å². The Balaban J connectivity index is 1.34. The summed E-state index contributed by atoms with van der Waals surface area (Å²) in [4.78, 5) is 34.2. The first kappa shape index (κ1) is 20.2. The highest BCUT2D eigenvalue weighted by Gasteiger charge is 2.16. The molecule has 1 atom stereocenters. The number of hydrogen-bond acceptors (Lipinski definition) is 5. The second-order valence-corrected chi connectivity index (χ2v) is 10.2. The number of carbonyl (C=O) groups is 1. The molecule has 0 bridgehead atoms.